The van der Waals surface area contributed by atoms with Crippen molar-refractivity contribution in [3.05, 3.63) is 52.6 Å². The van der Waals surface area contributed by atoms with Crippen molar-refractivity contribution in [2.45, 2.75) is 50.7 Å². The minimum atomic E-state index is -0.365. The van der Waals surface area contributed by atoms with E-state index in [1.165, 1.54) is 10.1 Å². The predicted molar refractivity (Wildman–Crippen MR) is 96.2 cm³/mol. The average molecular weight is 327 g/mol. The van der Waals surface area contributed by atoms with Crippen LogP contribution in [0, 0.1) is 0 Å². The van der Waals surface area contributed by atoms with Crippen molar-refractivity contribution in [2.24, 2.45) is 5.73 Å². The number of anilines is 1. The number of hydrogen-bond acceptors (Lipinski definition) is 5. The Morgan fingerprint density at radius 1 is 1.29 bits per heavy atom. The molecule has 1 fully saturated rings. The average Bonchev–Trinajstić information content (AvgIpc) is 2.93. The van der Waals surface area contributed by atoms with E-state index in [0.29, 0.717) is 18.1 Å². The summed E-state index contributed by atoms with van der Waals surface area (Å²) in [4.78, 5) is 15.6. The number of nitrogen functional groups attached to an aromatic ring is 1. The van der Waals surface area contributed by atoms with E-state index in [1.54, 1.807) is 12.3 Å². The van der Waals surface area contributed by atoms with Gasteiger partial charge >= 0.3 is 5.69 Å². The molecule has 1 aromatic heterocycles. The first-order valence-corrected chi connectivity index (χ1v) is 8.47. The van der Waals surface area contributed by atoms with Crippen molar-refractivity contribution in [2.75, 3.05) is 5.73 Å². The fourth-order valence-corrected chi connectivity index (χ4v) is 3.39. The van der Waals surface area contributed by atoms with Gasteiger partial charge in [-0.2, -0.15) is 4.98 Å². The maximum absolute atomic E-state index is 11.9. The lowest BCUT2D eigenvalue weighted by Crippen LogP contribution is -2.37. The third kappa shape index (κ3) is 4.01. The van der Waals surface area contributed by atoms with Crippen LogP contribution < -0.4 is 22.5 Å². The Balaban J connectivity index is 1.63. The molecule has 0 amide bonds. The Labute approximate surface area is 141 Å². The van der Waals surface area contributed by atoms with Gasteiger partial charge < -0.3 is 16.8 Å². The molecule has 0 aliphatic heterocycles. The Morgan fingerprint density at radius 2 is 2.04 bits per heavy atom. The van der Waals surface area contributed by atoms with Crippen LogP contribution in [0.2, 0.25) is 0 Å². The van der Waals surface area contributed by atoms with Crippen molar-refractivity contribution in [1.82, 2.24) is 14.9 Å². The molecular formula is C18H25N5O. The van der Waals surface area contributed by atoms with E-state index in [0.717, 1.165) is 31.4 Å². The monoisotopic (exact) mass is 327 g/mol. The third-order valence-electron chi connectivity index (χ3n) is 4.57. The van der Waals surface area contributed by atoms with Gasteiger partial charge in [0.05, 0.1) is 5.69 Å². The number of hydrogen-bond donors (Lipinski definition) is 3. The second-order valence-corrected chi connectivity index (χ2v) is 6.71. The molecule has 1 aromatic carbocycles. The van der Waals surface area contributed by atoms with Gasteiger partial charge in [0.15, 0.2) is 0 Å². The highest BCUT2D eigenvalue weighted by Gasteiger charge is 2.22. The number of aromatic nitrogens is 2. The number of nitrogens with one attached hydrogen (secondary N) is 1. The van der Waals surface area contributed by atoms with Crippen LogP contribution in [0.5, 0.6) is 0 Å². The molecule has 3 rings (SSSR count). The van der Waals surface area contributed by atoms with Crippen molar-refractivity contribution in [3.8, 4) is 5.69 Å². The number of benzene rings is 1. The summed E-state index contributed by atoms with van der Waals surface area (Å²) in [5, 5.41) is 3.66. The van der Waals surface area contributed by atoms with Crippen molar-refractivity contribution < 1.29 is 0 Å². The molecule has 3 atom stereocenters. The highest BCUT2D eigenvalue weighted by molar-refractivity contribution is 5.36. The van der Waals surface area contributed by atoms with Crippen molar-refractivity contribution in [1.29, 1.82) is 0 Å². The normalized spacial score (nSPS) is 21.8. The SMILES string of the molecule is CC(Cc1ccc(-n2ccc(N)nc2=O)cc1)NC1CC[C@@H](N)C1. The maximum Gasteiger partial charge on any atom is 0.354 e. The van der Waals surface area contributed by atoms with Gasteiger partial charge in [0.2, 0.25) is 0 Å². The minimum Gasteiger partial charge on any atom is -0.383 e. The van der Waals surface area contributed by atoms with Crippen molar-refractivity contribution >= 4 is 5.82 Å². The highest BCUT2D eigenvalue weighted by atomic mass is 16.1. The fraction of sp³-hybridized carbons (Fsp3) is 0.444. The Hall–Kier alpha value is -2.18. The van der Waals surface area contributed by atoms with Gasteiger partial charge in [-0.1, -0.05) is 12.1 Å². The molecule has 128 valence electrons. The first-order chi connectivity index (χ1) is 11.5. The van der Waals surface area contributed by atoms with Gasteiger partial charge in [-0.3, -0.25) is 4.57 Å². The van der Waals surface area contributed by atoms with E-state index in [1.807, 2.05) is 12.1 Å². The largest absolute Gasteiger partial charge is 0.383 e. The number of nitrogens with two attached hydrogens (primary N) is 2. The van der Waals surface area contributed by atoms with Crippen LogP contribution in [-0.2, 0) is 6.42 Å². The molecule has 1 aliphatic rings. The summed E-state index contributed by atoms with van der Waals surface area (Å²) < 4.78 is 1.49. The van der Waals surface area contributed by atoms with Crippen LogP contribution >= 0.6 is 0 Å². The van der Waals surface area contributed by atoms with Gasteiger partial charge in [0.25, 0.3) is 0 Å². The Kier molecular flexibility index (Phi) is 4.97. The van der Waals surface area contributed by atoms with Gasteiger partial charge in [0, 0.05) is 24.3 Å². The number of rotatable bonds is 5. The topological polar surface area (TPSA) is 99.0 Å². The highest BCUT2D eigenvalue weighted by Crippen LogP contribution is 2.18. The van der Waals surface area contributed by atoms with E-state index in [-0.39, 0.29) is 11.5 Å². The zero-order valence-electron chi connectivity index (χ0n) is 14.0. The quantitative estimate of drug-likeness (QED) is 0.767. The molecule has 6 nitrogen and oxygen atoms in total. The molecular weight excluding hydrogens is 302 g/mol. The van der Waals surface area contributed by atoms with Crippen LogP contribution in [0.4, 0.5) is 5.82 Å². The minimum absolute atomic E-state index is 0.236. The first-order valence-electron chi connectivity index (χ1n) is 8.47. The van der Waals surface area contributed by atoms with E-state index in [2.05, 4.69) is 29.4 Å². The van der Waals surface area contributed by atoms with Crippen LogP contribution in [-0.4, -0.2) is 27.7 Å². The number of nitrogens with zero attached hydrogens (tertiary/aromatic N) is 2. The molecule has 2 unspecified atom stereocenters. The summed E-state index contributed by atoms with van der Waals surface area (Å²) in [6.45, 7) is 2.20. The third-order valence-corrected chi connectivity index (χ3v) is 4.57. The van der Waals surface area contributed by atoms with Gasteiger partial charge in [-0.15, -0.1) is 0 Å². The lowest BCUT2D eigenvalue weighted by molar-refractivity contribution is 0.444. The lowest BCUT2D eigenvalue weighted by atomic mass is 10.1. The van der Waals surface area contributed by atoms with Gasteiger partial charge in [-0.05, 0) is 56.4 Å². The molecule has 0 radical (unpaired) electrons. The van der Waals surface area contributed by atoms with E-state index in [4.69, 9.17) is 11.5 Å². The molecule has 0 saturated heterocycles. The lowest BCUT2D eigenvalue weighted by Gasteiger charge is -2.19. The zero-order chi connectivity index (χ0) is 17.1. The smallest absolute Gasteiger partial charge is 0.354 e. The molecule has 1 saturated carbocycles. The van der Waals surface area contributed by atoms with Crippen LogP contribution in [0.15, 0.2) is 41.3 Å². The Bertz CT molecular complexity index is 740. The second-order valence-electron chi connectivity index (χ2n) is 6.71. The molecule has 0 bridgehead atoms. The van der Waals surface area contributed by atoms with Crippen LogP contribution in [0.1, 0.15) is 31.7 Å². The van der Waals surface area contributed by atoms with E-state index < -0.39 is 0 Å². The van der Waals surface area contributed by atoms with Crippen LogP contribution in [0.3, 0.4) is 0 Å². The summed E-state index contributed by atoms with van der Waals surface area (Å²) >= 11 is 0. The van der Waals surface area contributed by atoms with E-state index in [9.17, 15) is 4.79 Å². The van der Waals surface area contributed by atoms with Crippen molar-refractivity contribution in [3.63, 3.8) is 0 Å². The molecule has 5 N–H and O–H groups in total. The summed E-state index contributed by atoms with van der Waals surface area (Å²) in [5.74, 6) is 0.236. The summed E-state index contributed by atoms with van der Waals surface area (Å²) in [5.41, 5.74) is 13.1. The van der Waals surface area contributed by atoms with Gasteiger partial charge in [0.1, 0.15) is 5.82 Å². The maximum atomic E-state index is 11.9. The molecule has 6 heteroatoms. The summed E-state index contributed by atoms with van der Waals surface area (Å²) in [6.07, 6.45) is 5.94. The molecule has 0 spiro atoms. The zero-order valence-corrected chi connectivity index (χ0v) is 14.0. The summed E-state index contributed by atoms with van der Waals surface area (Å²) in [6, 6.07) is 10.9. The summed E-state index contributed by atoms with van der Waals surface area (Å²) in [7, 11) is 0. The van der Waals surface area contributed by atoms with E-state index >= 15 is 0 Å². The van der Waals surface area contributed by atoms with Gasteiger partial charge in [-0.25, -0.2) is 4.79 Å². The first kappa shape index (κ1) is 16.7. The standard InChI is InChI=1S/C18H25N5O/c1-12(21-15-5-4-14(19)11-15)10-13-2-6-16(7-3-13)23-9-8-17(20)22-18(23)24/h2-3,6-9,12,14-15,21H,4-5,10-11,19H2,1H3,(H2,20,22,24)/t12?,14-,15?/m1/s1. The molecule has 24 heavy (non-hydrogen) atoms. The fourth-order valence-electron chi connectivity index (χ4n) is 3.39. The second kappa shape index (κ2) is 7.15. The molecule has 1 aliphatic carbocycles. The van der Waals surface area contributed by atoms with Crippen LogP contribution in [0.25, 0.3) is 5.69 Å². The molecule has 2 aromatic rings. The predicted octanol–water partition coefficient (Wildman–Crippen LogP) is 1.22. The molecule has 1 heterocycles. The Morgan fingerprint density at radius 3 is 2.67 bits per heavy atom.